The van der Waals surface area contributed by atoms with Crippen molar-refractivity contribution >= 4 is 17.7 Å². The molecule has 3 aromatic carbocycles. The topological polar surface area (TPSA) is 614 Å². The van der Waals surface area contributed by atoms with Crippen molar-refractivity contribution in [3.63, 3.8) is 0 Å². The molecule has 0 saturated carbocycles. The average Bonchev–Trinajstić information content (AvgIpc) is 3.19. The van der Waals surface area contributed by atoms with E-state index < -0.39 is 175 Å². The molecule has 384 valence electrons. The van der Waals surface area contributed by atoms with E-state index in [0.29, 0.717) is 6.92 Å². The molecule has 1 fully saturated rings. The second kappa shape index (κ2) is 17.8. The van der Waals surface area contributed by atoms with Crippen LogP contribution >= 0.6 is 0 Å². The molecule has 3 amide bonds. The Hall–Kier alpha value is -6.45. The molecule has 0 bridgehead atoms. The predicted molar refractivity (Wildman–Crippen MR) is 205 cm³/mol. The Morgan fingerprint density at radius 2 is 1.10 bits per heavy atom. The Kier molecular flexibility index (Phi) is 14.2. The average molecular weight is 1000 g/mol. The van der Waals surface area contributed by atoms with Crippen molar-refractivity contribution in [2.75, 3.05) is 0 Å². The van der Waals surface area contributed by atoms with Gasteiger partial charge in [0.15, 0.2) is 34.3 Å². The fraction of sp³-hybridized carbons (Fsp3) is 0.417. The van der Waals surface area contributed by atoms with E-state index in [1.54, 1.807) is 0 Å². The Balaban J connectivity index is 1.92. The van der Waals surface area contributed by atoms with Crippen molar-refractivity contribution in [2.24, 2.45) is 0 Å². The van der Waals surface area contributed by atoms with Crippen LogP contribution in [-0.2, 0) is 33.7 Å². The maximum Gasteiger partial charge on any atom is 0.386 e. The number of amides is 3. The smallest absolute Gasteiger partial charge is 0.386 e. The van der Waals surface area contributed by atoms with Crippen LogP contribution < -0.4 is 15.4 Å². The van der Waals surface area contributed by atoms with E-state index in [0.717, 1.165) is 5.32 Å². The lowest BCUT2D eigenvalue weighted by atomic mass is 9.75. The van der Waals surface area contributed by atoms with Crippen LogP contribution in [0.2, 0.25) is 0 Å². The van der Waals surface area contributed by atoms with Crippen LogP contribution in [0.3, 0.4) is 0 Å². The first-order valence-electron chi connectivity index (χ1n) is 18.7. The van der Waals surface area contributed by atoms with Crippen LogP contribution in [0.25, 0.3) is 0 Å². The van der Waals surface area contributed by atoms with E-state index in [9.17, 15) is 147 Å². The number of ketones is 1. The van der Waals surface area contributed by atoms with Crippen LogP contribution in [-0.4, -0.2) is 203 Å². The highest BCUT2D eigenvalue weighted by Crippen LogP contribution is 2.57. The van der Waals surface area contributed by atoms with Gasteiger partial charge in [0.05, 0.1) is 12.5 Å². The van der Waals surface area contributed by atoms with E-state index in [4.69, 9.17) is 0 Å². The zero-order valence-electron chi connectivity index (χ0n) is 34.4. The number of ether oxygens (including phenoxy) is 1. The molecule has 0 aliphatic carbocycles. The van der Waals surface area contributed by atoms with Gasteiger partial charge in [-0.05, 0) is 25.3 Å². The van der Waals surface area contributed by atoms with Gasteiger partial charge in [-0.3, -0.25) is 19.8 Å². The number of phenolic OH excluding ortho intramolecular Hbond substituents is 8. The molecule has 3 aromatic rings. The SMILES string of the molecule is CC(C(=O)NC(Cc1ccccc1)CC(O)C(O)(CC(=O)C(O)(O)Oc1c(C(O)(O)O)c(O)c(O)c(O)c1C(O)(O)O)C(O)(O)c1c(O)c(O)c(O)c(O)c1O)N1C(=O)NC(O)(O)C(O)(O)C1(O)O. The van der Waals surface area contributed by atoms with Gasteiger partial charge in [0.1, 0.15) is 22.7 Å². The number of benzene rings is 3. The number of nitrogens with one attached hydrogen (secondary N) is 2. The van der Waals surface area contributed by atoms with Gasteiger partial charge in [0, 0.05) is 6.04 Å². The van der Waals surface area contributed by atoms with E-state index in [-0.39, 0.29) is 5.56 Å². The van der Waals surface area contributed by atoms with Crippen molar-refractivity contribution in [3.05, 3.63) is 52.6 Å². The molecule has 0 radical (unpaired) electrons. The summed E-state index contributed by atoms with van der Waals surface area (Å²) < 4.78 is 4.39. The van der Waals surface area contributed by atoms with Crippen LogP contribution in [0, 0.1) is 0 Å². The van der Waals surface area contributed by atoms with E-state index in [1.807, 2.05) is 5.32 Å². The number of urea groups is 1. The number of carbonyl (C=O) groups is 3. The molecular weight excluding hydrogens is 954 g/mol. The van der Waals surface area contributed by atoms with Gasteiger partial charge in [-0.2, -0.15) is 0 Å². The molecule has 69 heavy (non-hydrogen) atoms. The van der Waals surface area contributed by atoms with Crippen LogP contribution in [0.4, 0.5) is 4.79 Å². The lowest BCUT2D eigenvalue weighted by molar-refractivity contribution is -0.495. The van der Waals surface area contributed by atoms with Gasteiger partial charge in [0.2, 0.25) is 40.5 Å². The molecule has 28 N–H and O–H groups in total. The lowest BCUT2D eigenvalue weighted by Crippen LogP contribution is -2.86. The third kappa shape index (κ3) is 9.50. The second-order valence-corrected chi connectivity index (χ2v) is 15.5. The molecule has 1 aliphatic rings. The van der Waals surface area contributed by atoms with E-state index >= 15 is 0 Å². The number of hydrogen-bond donors (Lipinski definition) is 28. The summed E-state index contributed by atoms with van der Waals surface area (Å²) in [5.74, 6) is -55.6. The number of Topliss-reactive ketones (excluding diaryl/α,β-unsaturated/α-hetero) is 1. The zero-order chi connectivity index (χ0) is 53.3. The maximum absolute atomic E-state index is 13.8. The fourth-order valence-electron chi connectivity index (χ4n) is 6.96. The maximum atomic E-state index is 13.8. The number of aliphatic hydroxyl groups is 18. The Bertz CT molecular complexity index is 2410. The van der Waals surface area contributed by atoms with Crippen molar-refractivity contribution in [1.29, 1.82) is 0 Å². The summed E-state index contributed by atoms with van der Waals surface area (Å²) >= 11 is 0. The van der Waals surface area contributed by atoms with Crippen molar-refractivity contribution in [1.82, 2.24) is 15.5 Å². The van der Waals surface area contributed by atoms with E-state index in [1.165, 1.54) is 30.3 Å². The molecular formula is C36H45N3O30. The van der Waals surface area contributed by atoms with Gasteiger partial charge >= 0.3 is 41.6 Å². The number of aromatic hydroxyl groups is 8. The number of aliphatic hydroxyl groups excluding tert-OH is 1. The quantitative estimate of drug-likeness (QED) is 0.0339. The van der Waals surface area contributed by atoms with E-state index in [2.05, 4.69) is 4.74 Å². The number of carbonyl (C=O) groups excluding carboxylic acids is 3. The number of phenols is 8. The summed E-state index contributed by atoms with van der Waals surface area (Å²) in [6.45, 7) is 0.635. The minimum atomic E-state index is -5.04. The van der Waals surface area contributed by atoms with Crippen molar-refractivity contribution in [3.8, 4) is 51.7 Å². The highest BCUT2D eigenvalue weighted by Gasteiger charge is 2.72. The molecule has 33 nitrogen and oxygen atoms in total. The standard InChI is InChI=1S/C36H45N3O30/c1-10(39-28(51)38-35(65,66)34(63,64)36(39,67)68)27(50)37-12(7-11-5-3-2-4-6-11)8-13(40)29(52,30(53,54)15-18(42)23(47)25(49)24(48)19(15)43)9-14(41)33(61,62)69-26-16(31(55,56)57)20(44)22(46)21(45)17(26)32(58,59)60/h2-6,10,12-13,40,42-49,52-68H,7-9H2,1H3,(H,37,50)(H,38,51). The zero-order valence-corrected chi connectivity index (χ0v) is 34.4. The summed E-state index contributed by atoms with van der Waals surface area (Å²) in [5, 5.41) is 274. The summed E-state index contributed by atoms with van der Waals surface area (Å²) in [7, 11) is 0. The number of nitrogens with zero attached hydrogens (tertiary/aromatic N) is 1. The van der Waals surface area contributed by atoms with Gasteiger partial charge in [-0.15, -0.1) is 0 Å². The first-order valence-corrected chi connectivity index (χ1v) is 18.7. The molecule has 4 atom stereocenters. The van der Waals surface area contributed by atoms with Gasteiger partial charge in [0.25, 0.3) is 0 Å². The first kappa shape index (κ1) is 55.1. The van der Waals surface area contributed by atoms with Crippen molar-refractivity contribution < 1.29 is 152 Å². The first-order chi connectivity index (χ1) is 31.0. The third-order valence-corrected chi connectivity index (χ3v) is 10.7. The second-order valence-electron chi connectivity index (χ2n) is 15.5. The fourth-order valence-corrected chi connectivity index (χ4v) is 6.96. The minimum absolute atomic E-state index is 0.111. The van der Waals surface area contributed by atoms with Gasteiger partial charge in [-0.1, -0.05) is 30.3 Å². The molecule has 0 aromatic heterocycles. The summed E-state index contributed by atoms with van der Waals surface area (Å²) in [5.41, 5.74) is -11.2. The highest BCUT2D eigenvalue weighted by atomic mass is 16.8. The predicted octanol–water partition coefficient (Wildman–Crippen LogP) is -10.1. The highest BCUT2D eigenvalue weighted by molar-refractivity contribution is 5.88. The molecule has 1 heterocycles. The Labute approximate surface area is 380 Å². The van der Waals surface area contributed by atoms with Gasteiger partial charge < -0.3 is 143 Å². The molecule has 4 rings (SSSR count). The lowest BCUT2D eigenvalue weighted by Gasteiger charge is -2.52. The molecule has 4 unspecified atom stereocenters. The normalized spacial score (nSPS) is 18.4. The Morgan fingerprint density at radius 1 is 0.681 bits per heavy atom. The molecule has 1 aliphatic heterocycles. The molecule has 1 saturated heterocycles. The summed E-state index contributed by atoms with van der Waals surface area (Å²) in [6.07, 6.45) is -8.11. The molecule has 33 heteroatoms. The van der Waals surface area contributed by atoms with Crippen molar-refractivity contribution in [2.45, 2.75) is 91.3 Å². The van der Waals surface area contributed by atoms with Gasteiger partial charge in [-0.25, -0.2) is 4.79 Å². The largest absolute Gasteiger partial charge is 0.504 e. The minimum Gasteiger partial charge on any atom is -0.504 e. The summed E-state index contributed by atoms with van der Waals surface area (Å²) in [4.78, 5) is 39.8. The number of hydrogen-bond acceptors (Lipinski definition) is 30. The van der Waals surface area contributed by atoms with Crippen LogP contribution in [0.1, 0.15) is 42.0 Å². The number of rotatable bonds is 17. The Morgan fingerprint density at radius 3 is 1.55 bits per heavy atom. The van der Waals surface area contributed by atoms with Crippen LogP contribution in [0.5, 0.6) is 51.7 Å². The monoisotopic (exact) mass is 999 g/mol. The van der Waals surface area contributed by atoms with Crippen LogP contribution in [0.15, 0.2) is 30.3 Å². The molecule has 0 spiro atoms. The third-order valence-electron chi connectivity index (χ3n) is 10.7. The summed E-state index contributed by atoms with van der Waals surface area (Å²) in [6, 6.07) is 0.403.